The van der Waals surface area contributed by atoms with E-state index in [9.17, 15) is 18.8 Å². The molecule has 126 valence electrons. The van der Waals surface area contributed by atoms with Crippen molar-refractivity contribution in [2.45, 2.75) is 18.4 Å². The molecule has 0 saturated carbocycles. The van der Waals surface area contributed by atoms with E-state index in [2.05, 4.69) is 10.3 Å². The molecule has 0 aliphatic carbocycles. The van der Waals surface area contributed by atoms with Crippen LogP contribution in [0.15, 0.2) is 42.6 Å². The molecular formula is C18H14FN3O3. The van der Waals surface area contributed by atoms with Crippen molar-refractivity contribution in [3.63, 3.8) is 0 Å². The van der Waals surface area contributed by atoms with Gasteiger partial charge in [0.25, 0.3) is 5.91 Å². The van der Waals surface area contributed by atoms with Crippen molar-refractivity contribution in [1.29, 1.82) is 0 Å². The van der Waals surface area contributed by atoms with Gasteiger partial charge >= 0.3 is 0 Å². The summed E-state index contributed by atoms with van der Waals surface area (Å²) in [7, 11) is 0. The number of carbonyl (C=O) groups is 3. The lowest BCUT2D eigenvalue weighted by Crippen LogP contribution is -2.46. The van der Waals surface area contributed by atoms with Crippen molar-refractivity contribution in [3.8, 4) is 0 Å². The summed E-state index contributed by atoms with van der Waals surface area (Å²) >= 11 is 0. The first-order valence-electron chi connectivity index (χ1n) is 7.83. The van der Waals surface area contributed by atoms with E-state index < -0.39 is 23.0 Å². The number of benzene rings is 1. The van der Waals surface area contributed by atoms with Gasteiger partial charge in [0.1, 0.15) is 11.2 Å². The van der Waals surface area contributed by atoms with Gasteiger partial charge in [0.05, 0.1) is 17.8 Å². The maximum Gasteiger partial charge on any atom is 0.256 e. The van der Waals surface area contributed by atoms with Crippen molar-refractivity contribution in [1.82, 2.24) is 15.2 Å². The average Bonchev–Trinajstić information content (AvgIpc) is 3.06. The van der Waals surface area contributed by atoms with Crippen LogP contribution in [-0.4, -0.2) is 34.2 Å². The Balaban J connectivity index is 1.72. The van der Waals surface area contributed by atoms with Gasteiger partial charge in [-0.25, -0.2) is 4.39 Å². The molecular weight excluding hydrogens is 325 g/mol. The highest BCUT2D eigenvalue weighted by atomic mass is 19.1. The fraction of sp³-hybridized carbons (Fsp3) is 0.222. The highest BCUT2D eigenvalue weighted by Gasteiger charge is 2.50. The lowest BCUT2D eigenvalue weighted by atomic mass is 9.78. The second-order valence-corrected chi connectivity index (χ2v) is 6.30. The highest BCUT2D eigenvalue weighted by molar-refractivity contribution is 6.09. The number of carbonyl (C=O) groups excluding carboxylic acids is 3. The third kappa shape index (κ3) is 2.39. The number of amides is 3. The van der Waals surface area contributed by atoms with Gasteiger partial charge in [-0.3, -0.25) is 24.7 Å². The summed E-state index contributed by atoms with van der Waals surface area (Å²) in [6, 6.07) is 8.83. The van der Waals surface area contributed by atoms with E-state index in [0.29, 0.717) is 16.8 Å². The summed E-state index contributed by atoms with van der Waals surface area (Å²) in [5, 5.41) is 2.31. The molecule has 1 aromatic carbocycles. The van der Waals surface area contributed by atoms with E-state index in [1.54, 1.807) is 18.3 Å². The fourth-order valence-electron chi connectivity index (χ4n) is 3.50. The smallest absolute Gasteiger partial charge is 0.256 e. The van der Waals surface area contributed by atoms with E-state index in [-0.39, 0.29) is 25.4 Å². The molecule has 1 N–H and O–H groups in total. The Bertz CT molecular complexity index is 897. The lowest BCUT2D eigenvalue weighted by Gasteiger charge is -2.30. The zero-order chi connectivity index (χ0) is 17.6. The number of nitrogens with zero attached hydrogens (tertiary/aromatic N) is 2. The van der Waals surface area contributed by atoms with Crippen LogP contribution in [0.2, 0.25) is 0 Å². The minimum absolute atomic E-state index is 0.0331. The van der Waals surface area contributed by atoms with E-state index in [4.69, 9.17) is 0 Å². The van der Waals surface area contributed by atoms with Crippen molar-refractivity contribution in [2.24, 2.45) is 0 Å². The van der Waals surface area contributed by atoms with E-state index >= 15 is 0 Å². The number of halogens is 1. The molecule has 6 nitrogen and oxygen atoms in total. The molecule has 1 atom stereocenters. The molecule has 2 aromatic rings. The molecule has 25 heavy (non-hydrogen) atoms. The van der Waals surface area contributed by atoms with Crippen molar-refractivity contribution < 1.29 is 18.8 Å². The van der Waals surface area contributed by atoms with Gasteiger partial charge in [0.2, 0.25) is 11.8 Å². The minimum atomic E-state index is -1.22. The topological polar surface area (TPSA) is 79.4 Å². The summed E-state index contributed by atoms with van der Waals surface area (Å²) < 4.78 is 13.3. The SMILES string of the molecule is O=C1CC(CN2Cc3ncccc3C2=O)(c2ccc(F)cc2)C(=O)N1. The zero-order valence-electron chi connectivity index (χ0n) is 13.2. The van der Waals surface area contributed by atoms with Crippen LogP contribution >= 0.6 is 0 Å². The van der Waals surface area contributed by atoms with Crippen LogP contribution < -0.4 is 5.32 Å². The molecule has 0 radical (unpaired) electrons. The van der Waals surface area contributed by atoms with Gasteiger partial charge in [-0.2, -0.15) is 0 Å². The largest absolute Gasteiger partial charge is 0.331 e. The van der Waals surface area contributed by atoms with Crippen LogP contribution in [0.5, 0.6) is 0 Å². The number of imide groups is 1. The number of aromatic nitrogens is 1. The summed E-state index contributed by atoms with van der Waals surface area (Å²) in [5.74, 6) is -1.54. The van der Waals surface area contributed by atoms with Crippen molar-refractivity contribution in [2.75, 3.05) is 6.54 Å². The average molecular weight is 339 g/mol. The molecule has 2 aliphatic heterocycles. The van der Waals surface area contributed by atoms with Crippen molar-refractivity contribution >= 4 is 17.7 Å². The van der Waals surface area contributed by atoms with Crippen LogP contribution in [0.25, 0.3) is 0 Å². The minimum Gasteiger partial charge on any atom is -0.331 e. The summed E-state index contributed by atoms with van der Waals surface area (Å²) in [6.07, 6.45) is 1.53. The standard InChI is InChI=1S/C18H14FN3O3/c19-12-5-3-11(4-6-12)18(8-15(23)21-17(18)25)10-22-9-14-13(16(22)24)2-1-7-20-14/h1-7H,8-10H2,(H,21,23,25). The number of hydrogen-bond donors (Lipinski definition) is 1. The number of hydrogen-bond acceptors (Lipinski definition) is 4. The van der Waals surface area contributed by atoms with Crippen LogP contribution in [0.3, 0.4) is 0 Å². The Labute approximate surface area is 142 Å². The van der Waals surface area contributed by atoms with Gasteiger partial charge < -0.3 is 4.90 Å². The van der Waals surface area contributed by atoms with Crippen LogP contribution in [0.4, 0.5) is 4.39 Å². The Morgan fingerprint density at radius 1 is 1.16 bits per heavy atom. The molecule has 3 amide bonds. The first-order valence-corrected chi connectivity index (χ1v) is 7.83. The predicted octanol–water partition coefficient (Wildman–Crippen LogP) is 1.16. The monoisotopic (exact) mass is 339 g/mol. The first-order chi connectivity index (χ1) is 12.0. The number of fused-ring (bicyclic) bond motifs is 1. The normalized spacial score (nSPS) is 22.3. The lowest BCUT2D eigenvalue weighted by molar-refractivity contribution is -0.126. The molecule has 0 bridgehead atoms. The molecule has 1 aromatic heterocycles. The van der Waals surface area contributed by atoms with Gasteiger partial charge in [-0.05, 0) is 29.8 Å². The first kappa shape index (κ1) is 15.4. The Morgan fingerprint density at radius 2 is 1.92 bits per heavy atom. The predicted molar refractivity (Wildman–Crippen MR) is 84.8 cm³/mol. The molecule has 0 spiro atoms. The van der Waals surface area contributed by atoms with Gasteiger partial charge in [0, 0.05) is 19.2 Å². The quantitative estimate of drug-likeness (QED) is 0.851. The highest BCUT2D eigenvalue weighted by Crippen LogP contribution is 2.35. The maximum absolute atomic E-state index is 13.3. The van der Waals surface area contributed by atoms with Crippen LogP contribution in [0, 0.1) is 5.82 Å². The van der Waals surface area contributed by atoms with Crippen LogP contribution in [0.1, 0.15) is 28.0 Å². The molecule has 4 rings (SSSR count). The second kappa shape index (κ2) is 5.47. The zero-order valence-corrected chi connectivity index (χ0v) is 13.2. The molecule has 1 saturated heterocycles. The molecule has 7 heteroatoms. The number of nitrogens with one attached hydrogen (secondary N) is 1. The van der Waals surface area contributed by atoms with Gasteiger partial charge in [0.15, 0.2) is 0 Å². The summed E-state index contributed by atoms with van der Waals surface area (Å²) in [4.78, 5) is 42.8. The molecule has 1 unspecified atom stereocenters. The Hall–Kier alpha value is -3.09. The summed E-state index contributed by atoms with van der Waals surface area (Å²) in [5.41, 5.74) is 0.435. The Kier molecular flexibility index (Phi) is 3.38. The molecule has 3 heterocycles. The maximum atomic E-state index is 13.3. The van der Waals surface area contributed by atoms with E-state index in [1.165, 1.54) is 29.2 Å². The third-order valence-electron chi connectivity index (χ3n) is 4.76. The summed E-state index contributed by atoms with van der Waals surface area (Å²) in [6.45, 7) is 0.310. The number of pyridine rings is 1. The fourth-order valence-corrected chi connectivity index (χ4v) is 3.50. The molecule has 2 aliphatic rings. The third-order valence-corrected chi connectivity index (χ3v) is 4.76. The van der Waals surface area contributed by atoms with Crippen molar-refractivity contribution in [3.05, 3.63) is 65.2 Å². The van der Waals surface area contributed by atoms with E-state index in [0.717, 1.165) is 0 Å². The Morgan fingerprint density at radius 3 is 2.56 bits per heavy atom. The van der Waals surface area contributed by atoms with E-state index in [1.807, 2.05) is 0 Å². The molecule has 1 fully saturated rings. The van der Waals surface area contributed by atoms with Gasteiger partial charge in [-0.15, -0.1) is 0 Å². The second-order valence-electron chi connectivity index (χ2n) is 6.30. The van der Waals surface area contributed by atoms with Crippen LogP contribution in [-0.2, 0) is 21.5 Å². The number of rotatable bonds is 3. The van der Waals surface area contributed by atoms with Gasteiger partial charge in [-0.1, -0.05) is 12.1 Å².